The number of hydrogen-bond donors (Lipinski definition) is 2. The highest BCUT2D eigenvalue weighted by atomic mass is 35.5. The molecule has 0 aromatic heterocycles. The molecule has 3 unspecified atom stereocenters. The van der Waals surface area contributed by atoms with Crippen molar-refractivity contribution >= 4 is 17.5 Å². The maximum absolute atomic E-state index is 13.0. The van der Waals surface area contributed by atoms with E-state index in [1.807, 2.05) is 18.2 Å². The zero-order chi connectivity index (χ0) is 17.4. The van der Waals surface area contributed by atoms with Crippen LogP contribution in [0.25, 0.3) is 0 Å². The normalized spacial score (nSPS) is 34.4. The fourth-order valence-electron chi connectivity index (χ4n) is 5.01. The molecule has 3 aliphatic rings. The van der Waals surface area contributed by atoms with E-state index in [0.29, 0.717) is 29.5 Å². The van der Waals surface area contributed by atoms with E-state index in [1.54, 1.807) is 0 Å². The molecule has 1 aromatic carbocycles. The van der Waals surface area contributed by atoms with Crippen LogP contribution in [0.1, 0.15) is 56.6 Å². The van der Waals surface area contributed by atoms with E-state index in [0.717, 1.165) is 37.0 Å². The number of nitrogens with two attached hydrogens (primary N) is 1. The molecule has 1 aliphatic heterocycles. The second-order valence-electron chi connectivity index (χ2n) is 7.91. The summed E-state index contributed by atoms with van der Waals surface area (Å²) in [5, 5.41) is 3.92. The van der Waals surface area contributed by atoms with E-state index in [1.165, 1.54) is 19.3 Å². The number of hydrogen-bond acceptors (Lipinski definition) is 3. The summed E-state index contributed by atoms with van der Waals surface area (Å²) in [6.45, 7) is 0.644. The van der Waals surface area contributed by atoms with Crippen molar-refractivity contribution in [3.63, 3.8) is 0 Å². The first-order valence-corrected chi connectivity index (χ1v) is 9.98. The number of fused-ring (bicyclic) bond motifs is 3. The fraction of sp³-hybridized carbons (Fsp3) is 0.650. The summed E-state index contributed by atoms with van der Waals surface area (Å²) in [5.41, 5.74) is 7.37. The molecule has 2 aliphatic carbocycles. The van der Waals surface area contributed by atoms with Crippen LogP contribution in [0.2, 0.25) is 5.02 Å². The Kier molecular flexibility index (Phi) is 4.92. The minimum atomic E-state index is -0.0147. The van der Waals surface area contributed by atoms with E-state index in [-0.39, 0.29) is 17.9 Å². The lowest BCUT2D eigenvalue weighted by Crippen LogP contribution is -2.49. The van der Waals surface area contributed by atoms with Gasteiger partial charge < -0.3 is 15.8 Å². The summed E-state index contributed by atoms with van der Waals surface area (Å²) in [5.74, 6) is 2.04. The number of carbonyl (C=O) groups excluding carboxylic acids is 1. The summed E-state index contributed by atoms with van der Waals surface area (Å²) in [6, 6.07) is 6.07. The molecule has 1 heterocycles. The first-order valence-electron chi connectivity index (χ1n) is 9.60. The van der Waals surface area contributed by atoms with E-state index in [4.69, 9.17) is 22.1 Å². The number of benzene rings is 1. The van der Waals surface area contributed by atoms with Gasteiger partial charge in [0, 0.05) is 17.5 Å². The van der Waals surface area contributed by atoms with Gasteiger partial charge in [-0.2, -0.15) is 0 Å². The number of carbonyl (C=O) groups is 1. The van der Waals surface area contributed by atoms with Gasteiger partial charge in [0.1, 0.15) is 5.75 Å². The lowest BCUT2D eigenvalue weighted by Gasteiger charge is -2.43. The number of halogens is 1. The predicted molar refractivity (Wildman–Crippen MR) is 98.6 cm³/mol. The lowest BCUT2D eigenvalue weighted by atomic mass is 9.65. The van der Waals surface area contributed by atoms with Gasteiger partial charge >= 0.3 is 0 Å². The largest absolute Gasteiger partial charge is 0.492 e. The van der Waals surface area contributed by atoms with Crippen LogP contribution < -0.4 is 15.8 Å². The molecule has 0 saturated heterocycles. The van der Waals surface area contributed by atoms with E-state index < -0.39 is 0 Å². The average molecular weight is 363 g/mol. The van der Waals surface area contributed by atoms with Gasteiger partial charge in [-0.15, -0.1) is 0 Å². The molecule has 25 heavy (non-hydrogen) atoms. The SMILES string of the molecule is NC1C2CCCC1CC(C(=O)NC1CCCOc3c(Cl)cccc31)C2. The summed E-state index contributed by atoms with van der Waals surface area (Å²) < 4.78 is 5.81. The van der Waals surface area contributed by atoms with Crippen LogP contribution >= 0.6 is 11.6 Å². The van der Waals surface area contributed by atoms with Crippen molar-refractivity contribution in [2.45, 2.75) is 57.0 Å². The highest BCUT2D eigenvalue weighted by Crippen LogP contribution is 2.43. The average Bonchev–Trinajstić information content (AvgIpc) is 2.78. The third-order valence-corrected chi connectivity index (χ3v) is 6.65. The molecule has 2 saturated carbocycles. The van der Waals surface area contributed by atoms with Gasteiger partial charge in [0.15, 0.2) is 0 Å². The standard InChI is InChI=1S/C20H27ClN2O2/c21-16-7-2-6-15-17(8-3-9-25-19(15)16)23-20(24)14-10-12-4-1-5-13(11-14)18(12)22/h2,6-7,12-14,17-18H,1,3-5,8-11,22H2,(H,23,24). The monoisotopic (exact) mass is 362 g/mol. The van der Waals surface area contributed by atoms with Crippen LogP contribution in [0.5, 0.6) is 5.75 Å². The summed E-state index contributed by atoms with van der Waals surface area (Å²) in [6.07, 6.45) is 7.30. The van der Waals surface area contributed by atoms with Crippen LogP contribution in [-0.2, 0) is 4.79 Å². The zero-order valence-corrected chi connectivity index (χ0v) is 15.3. The number of ether oxygens (including phenoxy) is 1. The zero-order valence-electron chi connectivity index (χ0n) is 14.5. The third-order valence-electron chi connectivity index (χ3n) is 6.36. The second kappa shape index (κ2) is 7.16. The van der Waals surface area contributed by atoms with Gasteiger partial charge in [0.05, 0.1) is 17.7 Å². The molecule has 5 heteroatoms. The molecule has 0 spiro atoms. The van der Waals surface area contributed by atoms with Crippen LogP contribution in [0.3, 0.4) is 0 Å². The first kappa shape index (κ1) is 17.2. The van der Waals surface area contributed by atoms with Gasteiger partial charge in [0.25, 0.3) is 0 Å². The van der Waals surface area contributed by atoms with Crippen LogP contribution in [0, 0.1) is 17.8 Å². The van der Waals surface area contributed by atoms with Gasteiger partial charge in [-0.25, -0.2) is 0 Å². The minimum absolute atomic E-state index is 0.0147. The smallest absolute Gasteiger partial charge is 0.223 e. The van der Waals surface area contributed by atoms with Crippen LogP contribution in [0.4, 0.5) is 0 Å². The molecule has 2 fully saturated rings. The molecular weight excluding hydrogens is 336 g/mol. The molecule has 3 atom stereocenters. The van der Waals surface area contributed by atoms with Gasteiger partial charge in [0.2, 0.25) is 5.91 Å². The Morgan fingerprint density at radius 2 is 1.92 bits per heavy atom. The number of rotatable bonds is 2. The topological polar surface area (TPSA) is 64.4 Å². The molecule has 1 aromatic rings. The molecule has 2 bridgehead atoms. The van der Waals surface area contributed by atoms with Crippen molar-refractivity contribution in [1.29, 1.82) is 0 Å². The molecule has 3 N–H and O–H groups in total. The quantitative estimate of drug-likeness (QED) is 0.840. The highest BCUT2D eigenvalue weighted by Gasteiger charge is 2.41. The number of para-hydroxylation sites is 1. The fourth-order valence-corrected chi connectivity index (χ4v) is 5.25. The first-order chi connectivity index (χ1) is 12.1. The van der Waals surface area contributed by atoms with Crippen LogP contribution in [0.15, 0.2) is 18.2 Å². The lowest BCUT2D eigenvalue weighted by molar-refractivity contribution is -0.128. The maximum atomic E-state index is 13.0. The Labute approximate surface area is 154 Å². The second-order valence-corrected chi connectivity index (χ2v) is 8.31. The van der Waals surface area contributed by atoms with E-state index in [2.05, 4.69) is 5.32 Å². The van der Waals surface area contributed by atoms with Crippen molar-refractivity contribution in [3.8, 4) is 5.75 Å². The number of amides is 1. The maximum Gasteiger partial charge on any atom is 0.223 e. The Hall–Kier alpha value is -1.26. The molecule has 0 radical (unpaired) electrons. The Morgan fingerprint density at radius 1 is 1.16 bits per heavy atom. The van der Waals surface area contributed by atoms with Crippen LogP contribution in [-0.4, -0.2) is 18.6 Å². The van der Waals surface area contributed by atoms with Crippen molar-refractivity contribution in [1.82, 2.24) is 5.32 Å². The van der Waals surface area contributed by atoms with Crippen molar-refractivity contribution in [2.24, 2.45) is 23.5 Å². The van der Waals surface area contributed by atoms with Gasteiger partial charge in [-0.05, 0) is 56.4 Å². The highest BCUT2D eigenvalue weighted by molar-refractivity contribution is 6.32. The van der Waals surface area contributed by atoms with Crippen molar-refractivity contribution < 1.29 is 9.53 Å². The molecule has 4 nitrogen and oxygen atoms in total. The summed E-state index contributed by atoms with van der Waals surface area (Å²) >= 11 is 6.29. The Balaban J connectivity index is 1.49. The van der Waals surface area contributed by atoms with E-state index >= 15 is 0 Å². The molecule has 4 rings (SSSR count). The third kappa shape index (κ3) is 3.39. The van der Waals surface area contributed by atoms with E-state index in [9.17, 15) is 4.79 Å². The van der Waals surface area contributed by atoms with Crippen molar-refractivity contribution in [3.05, 3.63) is 28.8 Å². The summed E-state index contributed by atoms with van der Waals surface area (Å²) in [4.78, 5) is 13.0. The minimum Gasteiger partial charge on any atom is -0.492 e. The number of nitrogens with one attached hydrogen (secondary N) is 1. The van der Waals surface area contributed by atoms with Crippen molar-refractivity contribution in [2.75, 3.05) is 6.61 Å². The Morgan fingerprint density at radius 3 is 2.68 bits per heavy atom. The Bertz CT molecular complexity index is 637. The predicted octanol–water partition coefficient (Wildman–Crippen LogP) is 3.82. The molecule has 136 valence electrons. The van der Waals surface area contributed by atoms with Gasteiger partial charge in [-0.1, -0.05) is 30.2 Å². The molecular formula is C20H27ClN2O2. The summed E-state index contributed by atoms with van der Waals surface area (Å²) in [7, 11) is 0. The molecule has 1 amide bonds. The van der Waals surface area contributed by atoms with Gasteiger partial charge in [-0.3, -0.25) is 4.79 Å².